The molecule has 0 aromatic rings. The van der Waals surface area contributed by atoms with Crippen molar-refractivity contribution in [2.24, 2.45) is 5.92 Å². The Labute approximate surface area is 121 Å². The number of nitrogens with zero attached hydrogens (tertiary/aromatic N) is 1. The van der Waals surface area contributed by atoms with E-state index in [1.165, 1.54) is 0 Å². The summed E-state index contributed by atoms with van der Waals surface area (Å²) in [5.41, 5.74) is 0.943. The fourth-order valence-corrected chi connectivity index (χ4v) is 2.23. The maximum absolute atomic E-state index is 12.4. The van der Waals surface area contributed by atoms with Gasteiger partial charge in [-0.3, -0.25) is 9.59 Å². The summed E-state index contributed by atoms with van der Waals surface area (Å²) in [6, 6.07) is -0.834. The molecule has 1 N–H and O–H groups in total. The molecule has 0 radical (unpaired) electrons. The first kappa shape index (κ1) is 16.7. The molecule has 1 aliphatic rings. The lowest BCUT2D eigenvalue weighted by Crippen LogP contribution is -2.63. The van der Waals surface area contributed by atoms with Gasteiger partial charge in [-0.2, -0.15) is 0 Å². The average molecular weight is 282 g/mol. The highest BCUT2D eigenvalue weighted by atomic mass is 16.5. The van der Waals surface area contributed by atoms with Crippen LogP contribution in [0.3, 0.4) is 0 Å². The van der Waals surface area contributed by atoms with Crippen molar-refractivity contribution >= 4 is 11.8 Å². The summed E-state index contributed by atoms with van der Waals surface area (Å²) in [5.74, 6) is 0.263. The van der Waals surface area contributed by atoms with E-state index < -0.39 is 12.1 Å². The van der Waals surface area contributed by atoms with Crippen LogP contribution in [-0.4, -0.2) is 48.6 Å². The molecule has 1 saturated heterocycles. The summed E-state index contributed by atoms with van der Waals surface area (Å²) < 4.78 is 5.42. The van der Waals surface area contributed by atoms with Gasteiger partial charge in [-0.05, 0) is 26.2 Å². The predicted octanol–water partition coefficient (Wildman–Crippen LogP) is 1.34. The lowest BCUT2D eigenvalue weighted by atomic mass is 9.99. The molecule has 20 heavy (non-hydrogen) atoms. The molecule has 1 aliphatic heterocycles. The molecule has 5 nitrogen and oxygen atoms in total. The molecule has 114 valence electrons. The minimum atomic E-state index is -0.431. The quantitative estimate of drug-likeness (QED) is 0.566. The first-order valence-electron chi connectivity index (χ1n) is 7.16. The lowest BCUT2D eigenvalue weighted by molar-refractivity contribution is -0.149. The zero-order chi connectivity index (χ0) is 15.3. The molecule has 2 unspecified atom stereocenters. The van der Waals surface area contributed by atoms with Crippen LogP contribution in [0, 0.1) is 5.92 Å². The van der Waals surface area contributed by atoms with E-state index in [0.717, 1.165) is 5.57 Å². The number of rotatable bonds is 7. The van der Waals surface area contributed by atoms with Gasteiger partial charge in [0, 0.05) is 6.54 Å². The van der Waals surface area contributed by atoms with Crippen LogP contribution >= 0.6 is 0 Å². The Hall–Kier alpha value is -1.36. The summed E-state index contributed by atoms with van der Waals surface area (Å²) in [4.78, 5) is 25.9. The van der Waals surface area contributed by atoms with Crippen molar-refractivity contribution in [3.63, 3.8) is 0 Å². The standard InChI is InChI=1S/C15H26N2O3/c1-10(2)8-13-15(19)17(12(5)14(18)16-13)6-7-20-9-11(3)4/h10,12-13H,3,6-9H2,1-2,4-5H3,(H,16,18). The summed E-state index contributed by atoms with van der Waals surface area (Å²) in [6.07, 6.45) is 0.667. The van der Waals surface area contributed by atoms with Crippen LogP contribution < -0.4 is 5.32 Å². The number of ether oxygens (including phenoxy) is 1. The van der Waals surface area contributed by atoms with E-state index in [-0.39, 0.29) is 11.8 Å². The Bertz CT molecular complexity index is 379. The van der Waals surface area contributed by atoms with Crippen molar-refractivity contribution in [2.45, 2.75) is 46.2 Å². The molecule has 0 bridgehead atoms. The van der Waals surface area contributed by atoms with Crippen molar-refractivity contribution in [2.75, 3.05) is 19.8 Å². The number of carbonyl (C=O) groups is 2. The molecule has 0 aromatic carbocycles. The summed E-state index contributed by atoms with van der Waals surface area (Å²) >= 11 is 0. The maximum Gasteiger partial charge on any atom is 0.245 e. The number of nitrogens with one attached hydrogen (secondary N) is 1. The van der Waals surface area contributed by atoms with Crippen molar-refractivity contribution in [1.82, 2.24) is 10.2 Å². The molecule has 1 heterocycles. The second kappa shape index (κ2) is 7.43. The summed E-state index contributed by atoms with van der Waals surface area (Å²) in [5, 5.41) is 2.80. The minimum Gasteiger partial charge on any atom is -0.375 e. The molecular weight excluding hydrogens is 256 g/mol. The van der Waals surface area contributed by atoms with E-state index >= 15 is 0 Å². The Morgan fingerprint density at radius 3 is 2.65 bits per heavy atom. The highest BCUT2D eigenvalue weighted by Crippen LogP contribution is 2.15. The topological polar surface area (TPSA) is 58.6 Å². The van der Waals surface area contributed by atoms with Gasteiger partial charge in [-0.15, -0.1) is 0 Å². The number of hydrogen-bond donors (Lipinski definition) is 1. The molecule has 0 spiro atoms. The molecule has 1 fully saturated rings. The second-order valence-corrected chi connectivity index (χ2v) is 5.91. The van der Waals surface area contributed by atoms with E-state index in [4.69, 9.17) is 4.74 Å². The molecular formula is C15H26N2O3. The first-order valence-corrected chi connectivity index (χ1v) is 7.16. The Morgan fingerprint density at radius 2 is 2.10 bits per heavy atom. The van der Waals surface area contributed by atoms with Gasteiger partial charge in [0.25, 0.3) is 0 Å². The van der Waals surface area contributed by atoms with Gasteiger partial charge in [0.2, 0.25) is 11.8 Å². The number of carbonyl (C=O) groups excluding carboxylic acids is 2. The third kappa shape index (κ3) is 4.63. The van der Waals surface area contributed by atoms with E-state index in [0.29, 0.717) is 32.1 Å². The normalized spacial score (nSPS) is 23.1. The molecule has 0 saturated carbocycles. The predicted molar refractivity (Wildman–Crippen MR) is 78.2 cm³/mol. The fraction of sp³-hybridized carbons (Fsp3) is 0.733. The maximum atomic E-state index is 12.4. The van der Waals surface area contributed by atoms with E-state index in [1.54, 1.807) is 11.8 Å². The van der Waals surface area contributed by atoms with Gasteiger partial charge in [0.05, 0.1) is 13.2 Å². The molecule has 0 aromatic heterocycles. The smallest absolute Gasteiger partial charge is 0.245 e. The Balaban J connectivity index is 2.58. The van der Waals surface area contributed by atoms with Crippen LogP contribution in [0.15, 0.2) is 12.2 Å². The van der Waals surface area contributed by atoms with Gasteiger partial charge in [-0.1, -0.05) is 26.0 Å². The fourth-order valence-electron chi connectivity index (χ4n) is 2.23. The Kier molecular flexibility index (Phi) is 6.20. The third-order valence-corrected chi connectivity index (χ3v) is 3.28. The van der Waals surface area contributed by atoms with Crippen molar-refractivity contribution < 1.29 is 14.3 Å². The highest BCUT2D eigenvalue weighted by molar-refractivity contribution is 5.96. The first-order chi connectivity index (χ1) is 9.32. The van der Waals surface area contributed by atoms with E-state index in [1.807, 2.05) is 20.8 Å². The van der Waals surface area contributed by atoms with Crippen LogP contribution in [0.25, 0.3) is 0 Å². The summed E-state index contributed by atoms with van der Waals surface area (Å²) in [6.45, 7) is 12.8. The number of amides is 2. The van der Waals surface area contributed by atoms with Crippen molar-refractivity contribution in [3.05, 3.63) is 12.2 Å². The lowest BCUT2D eigenvalue weighted by Gasteiger charge is -2.37. The number of hydrogen-bond acceptors (Lipinski definition) is 3. The van der Waals surface area contributed by atoms with Crippen LogP contribution in [0.2, 0.25) is 0 Å². The Morgan fingerprint density at radius 1 is 1.45 bits per heavy atom. The minimum absolute atomic E-state index is 0.00951. The molecule has 5 heteroatoms. The molecule has 2 atom stereocenters. The SMILES string of the molecule is C=C(C)COCCN1C(=O)C(CC(C)C)NC(=O)C1C. The van der Waals surface area contributed by atoms with Crippen LogP contribution in [0.4, 0.5) is 0 Å². The summed E-state index contributed by atoms with van der Waals surface area (Å²) in [7, 11) is 0. The van der Waals surface area contributed by atoms with E-state index in [2.05, 4.69) is 11.9 Å². The van der Waals surface area contributed by atoms with Gasteiger partial charge >= 0.3 is 0 Å². The average Bonchev–Trinajstić information content (AvgIpc) is 2.34. The zero-order valence-corrected chi connectivity index (χ0v) is 12.9. The third-order valence-electron chi connectivity index (χ3n) is 3.28. The van der Waals surface area contributed by atoms with Gasteiger partial charge in [0.15, 0.2) is 0 Å². The largest absolute Gasteiger partial charge is 0.375 e. The number of piperazine rings is 1. The monoisotopic (exact) mass is 282 g/mol. The van der Waals surface area contributed by atoms with Crippen LogP contribution in [0.5, 0.6) is 0 Å². The second-order valence-electron chi connectivity index (χ2n) is 5.91. The van der Waals surface area contributed by atoms with Crippen LogP contribution in [0.1, 0.15) is 34.1 Å². The highest BCUT2D eigenvalue weighted by Gasteiger charge is 2.37. The van der Waals surface area contributed by atoms with Gasteiger partial charge in [0.1, 0.15) is 12.1 Å². The molecule has 2 amide bonds. The zero-order valence-electron chi connectivity index (χ0n) is 12.9. The van der Waals surface area contributed by atoms with Crippen molar-refractivity contribution in [1.29, 1.82) is 0 Å². The van der Waals surface area contributed by atoms with Crippen molar-refractivity contribution in [3.8, 4) is 0 Å². The van der Waals surface area contributed by atoms with E-state index in [9.17, 15) is 9.59 Å². The van der Waals surface area contributed by atoms with Gasteiger partial charge < -0.3 is 15.0 Å². The molecule has 0 aliphatic carbocycles. The van der Waals surface area contributed by atoms with Gasteiger partial charge in [-0.25, -0.2) is 0 Å². The molecule has 1 rings (SSSR count). The van der Waals surface area contributed by atoms with Crippen LogP contribution in [-0.2, 0) is 14.3 Å².